The number of nitrogens with zero attached hydrogens (tertiary/aromatic N) is 6. The first-order chi connectivity index (χ1) is 9.61. The fraction of sp³-hybridized carbons (Fsp3) is 0.308. The highest BCUT2D eigenvalue weighted by atomic mass is 15.3. The van der Waals surface area contributed by atoms with Gasteiger partial charge in [-0.15, -0.1) is 0 Å². The summed E-state index contributed by atoms with van der Waals surface area (Å²) in [6, 6.07) is 3.71. The summed E-state index contributed by atoms with van der Waals surface area (Å²) in [6.07, 6.45) is 3.71. The van der Waals surface area contributed by atoms with Crippen molar-refractivity contribution in [2.75, 3.05) is 24.7 Å². The van der Waals surface area contributed by atoms with E-state index in [0.717, 1.165) is 29.3 Å². The average Bonchev–Trinajstić information content (AvgIpc) is 2.98. The standard InChI is InChI=1S/C13H17N7/c1-4-19-8-9(18(2)3)11(17-19)12-13(14)16-10-6-5-7-15-20(10)12/h5-8H,4,14H2,1-3H3. The second-order valence-corrected chi connectivity index (χ2v) is 4.75. The van der Waals surface area contributed by atoms with E-state index in [9.17, 15) is 0 Å². The first kappa shape index (κ1) is 12.5. The van der Waals surface area contributed by atoms with Crippen LogP contribution in [-0.4, -0.2) is 38.5 Å². The van der Waals surface area contributed by atoms with Crippen LogP contribution in [0.2, 0.25) is 0 Å². The Morgan fingerprint density at radius 2 is 2.15 bits per heavy atom. The van der Waals surface area contributed by atoms with E-state index in [1.165, 1.54) is 0 Å². The molecule has 0 atom stereocenters. The highest BCUT2D eigenvalue weighted by molar-refractivity contribution is 5.81. The average molecular weight is 271 g/mol. The van der Waals surface area contributed by atoms with Gasteiger partial charge in [0.15, 0.2) is 11.5 Å². The fourth-order valence-corrected chi connectivity index (χ4v) is 2.20. The van der Waals surface area contributed by atoms with Crippen LogP contribution in [0.25, 0.3) is 17.0 Å². The van der Waals surface area contributed by atoms with Crippen molar-refractivity contribution < 1.29 is 0 Å². The molecule has 0 fully saturated rings. The van der Waals surface area contributed by atoms with Crippen LogP contribution in [0.4, 0.5) is 11.5 Å². The first-order valence-corrected chi connectivity index (χ1v) is 6.46. The van der Waals surface area contributed by atoms with Crippen LogP contribution in [-0.2, 0) is 6.54 Å². The van der Waals surface area contributed by atoms with E-state index in [2.05, 4.69) is 15.2 Å². The molecule has 7 nitrogen and oxygen atoms in total. The van der Waals surface area contributed by atoms with Crippen molar-refractivity contribution in [2.24, 2.45) is 0 Å². The molecule has 20 heavy (non-hydrogen) atoms. The first-order valence-electron chi connectivity index (χ1n) is 6.46. The quantitative estimate of drug-likeness (QED) is 0.776. The molecule has 104 valence electrons. The topological polar surface area (TPSA) is 77.3 Å². The molecule has 3 rings (SSSR count). The van der Waals surface area contributed by atoms with Crippen LogP contribution in [0, 0.1) is 0 Å². The van der Waals surface area contributed by atoms with E-state index >= 15 is 0 Å². The molecule has 0 saturated heterocycles. The highest BCUT2D eigenvalue weighted by Gasteiger charge is 2.20. The molecule has 3 heterocycles. The smallest absolute Gasteiger partial charge is 0.156 e. The van der Waals surface area contributed by atoms with Crippen molar-refractivity contribution in [1.29, 1.82) is 0 Å². The number of rotatable bonds is 3. The zero-order valence-electron chi connectivity index (χ0n) is 11.8. The third-order valence-corrected chi connectivity index (χ3v) is 3.19. The molecule has 2 N–H and O–H groups in total. The van der Waals surface area contributed by atoms with Gasteiger partial charge in [-0.1, -0.05) is 0 Å². The van der Waals surface area contributed by atoms with Crippen LogP contribution < -0.4 is 10.6 Å². The lowest BCUT2D eigenvalue weighted by Gasteiger charge is -2.11. The molecule has 0 amide bonds. The van der Waals surface area contributed by atoms with Gasteiger partial charge in [0, 0.05) is 33.0 Å². The summed E-state index contributed by atoms with van der Waals surface area (Å²) in [5.41, 5.74) is 9.30. The lowest BCUT2D eigenvalue weighted by atomic mass is 10.2. The van der Waals surface area contributed by atoms with Crippen LogP contribution in [0.15, 0.2) is 24.5 Å². The fourth-order valence-electron chi connectivity index (χ4n) is 2.20. The molecule has 0 bridgehead atoms. The molecule has 0 aliphatic rings. The zero-order valence-corrected chi connectivity index (χ0v) is 11.8. The van der Waals surface area contributed by atoms with Gasteiger partial charge in [-0.05, 0) is 19.1 Å². The third kappa shape index (κ3) is 1.78. The minimum Gasteiger partial charge on any atom is -0.382 e. The number of nitrogens with two attached hydrogens (primary N) is 1. The van der Waals surface area contributed by atoms with Gasteiger partial charge >= 0.3 is 0 Å². The normalized spacial score (nSPS) is 11.2. The number of hydrogen-bond donors (Lipinski definition) is 1. The van der Waals surface area contributed by atoms with E-state index in [1.807, 2.05) is 48.9 Å². The van der Waals surface area contributed by atoms with E-state index < -0.39 is 0 Å². The maximum Gasteiger partial charge on any atom is 0.156 e. The number of aromatic nitrogens is 5. The third-order valence-electron chi connectivity index (χ3n) is 3.19. The molecule has 0 saturated carbocycles. The van der Waals surface area contributed by atoms with Gasteiger partial charge in [0.1, 0.15) is 11.4 Å². The molecule has 7 heteroatoms. The predicted molar refractivity (Wildman–Crippen MR) is 78.6 cm³/mol. The SMILES string of the molecule is CCn1cc(N(C)C)c(-c2c(N)nc3cccnn23)n1. The van der Waals surface area contributed by atoms with Crippen molar-refractivity contribution >= 4 is 17.2 Å². The molecular formula is C13H17N7. The number of anilines is 2. The van der Waals surface area contributed by atoms with Crippen LogP contribution in [0.5, 0.6) is 0 Å². The molecular weight excluding hydrogens is 254 g/mol. The van der Waals surface area contributed by atoms with Gasteiger partial charge < -0.3 is 10.6 Å². The summed E-state index contributed by atoms with van der Waals surface area (Å²) in [5, 5.41) is 8.92. The minimum absolute atomic E-state index is 0.438. The summed E-state index contributed by atoms with van der Waals surface area (Å²) >= 11 is 0. The van der Waals surface area contributed by atoms with E-state index in [4.69, 9.17) is 5.73 Å². The Morgan fingerprint density at radius 1 is 1.35 bits per heavy atom. The molecule has 0 spiro atoms. The lowest BCUT2D eigenvalue weighted by molar-refractivity contribution is 0.661. The zero-order chi connectivity index (χ0) is 14.3. The second kappa shape index (κ2) is 4.52. The van der Waals surface area contributed by atoms with Gasteiger partial charge in [-0.25, -0.2) is 9.50 Å². The number of nitrogen functional groups attached to an aromatic ring is 1. The maximum absolute atomic E-state index is 6.07. The predicted octanol–water partition coefficient (Wildman–Crippen LogP) is 1.26. The minimum atomic E-state index is 0.438. The number of hydrogen-bond acceptors (Lipinski definition) is 5. The molecule has 0 unspecified atom stereocenters. The van der Waals surface area contributed by atoms with Gasteiger partial charge in [0.2, 0.25) is 0 Å². The summed E-state index contributed by atoms with van der Waals surface area (Å²) in [4.78, 5) is 6.35. The largest absolute Gasteiger partial charge is 0.382 e. The molecule has 3 aromatic heterocycles. The highest BCUT2D eigenvalue weighted by Crippen LogP contribution is 2.32. The Morgan fingerprint density at radius 3 is 2.85 bits per heavy atom. The van der Waals surface area contributed by atoms with Gasteiger partial charge in [0.05, 0.1) is 5.69 Å². The van der Waals surface area contributed by atoms with Crippen LogP contribution >= 0.6 is 0 Å². The van der Waals surface area contributed by atoms with Crippen molar-refractivity contribution in [3.63, 3.8) is 0 Å². The number of imidazole rings is 1. The van der Waals surface area contributed by atoms with Crippen LogP contribution in [0.1, 0.15) is 6.92 Å². The van der Waals surface area contributed by atoms with Gasteiger partial charge in [-0.2, -0.15) is 10.2 Å². The maximum atomic E-state index is 6.07. The molecule has 3 aromatic rings. The number of fused-ring (bicyclic) bond motifs is 1. The summed E-state index contributed by atoms with van der Waals surface area (Å²) in [5.74, 6) is 0.438. The van der Waals surface area contributed by atoms with Crippen LogP contribution in [0.3, 0.4) is 0 Å². The molecule has 0 aliphatic heterocycles. The summed E-state index contributed by atoms with van der Waals surface area (Å²) < 4.78 is 3.61. The molecule has 0 radical (unpaired) electrons. The number of aryl methyl sites for hydroxylation is 1. The lowest BCUT2D eigenvalue weighted by Crippen LogP contribution is -2.09. The van der Waals surface area contributed by atoms with E-state index in [1.54, 1.807) is 10.7 Å². The molecule has 0 aliphatic carbocycles. The Balaban J connectivity index is 2.30. The Hall–Kier alpha value is -2.57. The van der Waals surface area contributed by atoms with Gasteiger partial charge in [0.25, 0.3) is 0 Å². The van der Waals surface area contributed by atoms with Crippen molar-refractivity contribution in [1.82, 2.24) is 24.4 Å². The Labute approximate surface area is 116 Å². The summed E-state index contributed by atoms with van der Waals surface area (Å²) in [6.45, 7) is 2.84. The second-order valence-electron chi connectivity index (χ2n) is 4.75. The van der Waals surface area contributed by atoms with Crippen molar-refractivity contribution in [3.05, 3.63) is 24.5 Å². The van der Waals surface area contributed by atoms with E-state index in [0.29, 0.717) is 5.82 Å². The van der Waals surface area contributed by atoms with E-state index in [-0.39, 0.29) is 0 Å². The molecule has 0 aromatic carbocycles. The van der Waals surface area contributed by atoms with Gasteiger partial charge in [-0.3, -0.25) is 4.68 Å². The monoisotopic (exact) mass is 271 g/mol. The summed E-state index contributed by atoms with van der Waals surface area (Å²) in [7, 11) is 3.96. The Kier molecular flexibility index (Phi) is 2.81. The van der Waals surface area contributed by atoms with Crippen molar-refractivity contribution in [3.8, 4) is 11.4 Å². The Bertz CT molecular complexity index is 753. The van der Waals surface area contributed by atoms with Crippen molar-refractivity contribution in [2.45, 2.75) is 13.5 Å².